The first-order valence-electron chi connectivity index (χ1n) is 10.2. The number of nitrogens with one attached hydrogen (secondary N) is 1. The number of hydrogen-bond acceptors (Lipinski definition) is 5. The van der Waals surface area contributed by atoms with Crippen molar-refractivity contribution in [2.24, 2.45) is 0 Å². The third-order valence-corrected chi connectivity index (χ3v) is 5.13. The summed E-state index contributed by atoms with van der Waals surface area (Å²) in [7, 11) is 0. The van der Waals surface area contributed by atoms with Crippen molar-refractivity contribution in [3.63, 3.8) is 0 Å². The van der Waals surface area contributed by atoms with Crippen molar-refractivity contribution in [3.8, 4) is 0 Å². The molecule has 0 aromatic heterocycles. The summed E-state index contributed by atoms with van der Waals surface area (Å²) in [5.74, 6) is 0. The molecule has 29 heavy (non-hydrogen) atoms. The number of rotatable bonds is 0. The van der Waals surface area contributed by atoms with E-state index in [1.54, 1.807) is 4.90 Å². The standard InChI is InChI=1S/C14H20N2O2.C9H12N2/c1-14(2,3)18-13(17)16-8-7-11-10(9-16)5-4-6-12(11)15;10-9-3-1-2-7-6-11-5-4-8(7)9/h4-6H,7-9,15H2,1-3H3;1-3,11H,4-6,10H2. The van der Waals surface area contributed by atoms with Gasteiger partial charge in [-0.2, -0.15) is 0 Å². The SMILES string of the molecule is CC(C)(C)OC(=O)N1CCc2c(N)cccc2C1.Nc1cccc2c1CCNC2. The Bertz CT molecular complexity index is 874. The average molecular weight is 397 g/mol. The number of carbonyl (C=O) groups excluding carboxylic acids is 1. The van der Waals surface area contributed by atoms with E-state index in [4.69, 9.17) is 16.2 Å². The number of nitrogen functional groups attached to an aromatic ring is 2. The van der Waals surface area contributed by atoms with Crippen molar-refractivity contribution in [1.82, 2.24) is 10.2 Å². The van der Waals surface area contributed by atoms with E-state index in [0.29, 0.717) is 13.1 Å². The summed E-state index contributed by atoms with van der Waals surface area (Å²) < 4.78 is 5.38. The summed E-state index contributed by atoms with van der Waals surface area (Å²) in [6.45, 7) is 8.90. The van der Waals surface area contributed by atoms with Crippen LogP contribution >= 0.6 is 0 Å². The second-order valence-corrected chi connectivity index (χ2v) is 8.55. The number of ether oxygens (including phenoxy) is 1. The molecule has 6 nitrogen and oxygen atoms in total. The van der Waals surface area contributed by atoms with Gasteiger partial charge in [-0.3, -0.25) is 0 Å². The number of carbonyl (C=O) groups is 1. The van der Waals surface area contributed by atoms with Crippen molar-refractivity contribution in [2.45, 2.75) is 52.3 Å². The largest absolute Gasteiger partial charge is 0.444 e. The second kappa shape index (κ2) is 8.74. The molecule has 2 aliphatic rings. The Morgan fingerprint density at radius 1 is 1.00 bits per heavy atom. The molecule has 0 spiro atoms. The van der Waals surface area contributed by atoms with E-state index in [2.05, 4.69) is 11.4 Å². The van der Waals surface area contributed by atoms with Crippen LogP contribution in [0.4, 0.5) is 16.2 Å². The third kappa shape index (κ3) is 5.41. The lowest BCUT2D eigenvalue weighted by Crippen LogP contribution is -2.40. The van der Waals surface area contributed by atoms with Crippen LogP contribution in [0.15, 0.2) is 36.4 Å². The van der Waals surface area contributed by atoms with Crippen LogP contribution in [0.5, 0.6) is 0 Å². The Hall–Kier alpha value is -2.73. The quantitative estimate of drug-likeness (QED) is 0.593. The molecule has 2 heterocycles. The minimum absolute atomic E-state index is 0.254. The van der Waals surface area contributed by atoms with Crippen LogP contribution in [-0.2, 0) is 30.7 Å². The predicted molar refractivity (Wildman–Crippen MR) is 117 cm³/mol. The first kappa shape index (κ1) is 21.0. The van der Waals surface area contributed by atoms with Gasteiger partial charge in [0.15, 0.2) is 0 Å². The maximum Gasteiger partial charge on any atom is 0.410 e. The van der Waals surface area contributed by atoms with E-state index in [9.17, 15) is 4.79 Å². The highest BCUT2D eigenvalue weighted by Crippen LogP contribution is 2.25. The topological polar surface area (TPSA) is 93.6 Å². The molecule has 2 aromatic rings. The molecule has 156 valence electrons. The van der Waals surface area contributed by atoms with Crippen molar-refractivity contribution in [3.05, 3.63) is 58.7 Å². The van der Waals surface area contributed by atoms with Crippen molar-refractivity contribution >= 4 is 17.5 Å². The van der Waals surface area contributed by atoms with Gasteiger partial charge in [0.1, 0.15) is 5.60 Å². The van der Waals surface area contributed by atoms with Crippen LogP contribution < -0.4 is 16.8 Å². The zero-order valence-electron chi connectivity index (χ0n) is 17.6. The Kier molecular flexibility index (Phi) is 6.33. The number of nitrogens with two attached hydrogens (primary N) is 2. The van der Waals surface area contributed by atoms with Gasteiger partial charge >= 0.3 is 6.09 Å². The van der Waals surface area contributed by atoms with Gasteiger partial charge in [-0.05, 0) is 74.5 Å². The van der Waals surface area contributed by atoms with Gasteiger partial charge in [0.25, 0.3) is 0 Å². The number of amides is 1. The first-order valence-corrected chi connectivity index (χ1v) is 10.2. The fraction of sp³-hybridized carbons (Fsp3) is 0.435. The lowest BCUT2D eigenvalue weighted by Gasteiger charge is -2.31. The van der Waals surface area contributed by atoms with Gasteiger partial charge in [0, 0.05) is 31.0 Å². The van der Waals surface area contributed by atoms with E-state index in [0.717, 1.165) is 48.4 Å². The van der Waals surface area contributed by atoms with Gasteiger partial charge in [-0.15, -0.1) is 0 Å². The van der Waals surface area contributed by atoms with E-state index in [1.807, 2.05) is 51.1 Å². The number of benzene rings is 2. The monoisotopic (exact) mass is 396 g/mol. The number of nitrogens with zero attached hydrogens (tertiary/aromatic N) is 1. The normalized spacial score (nSPS) is 15.5. The molecular formula is C23H32N4O2. The zero-order valence-corrected chi connectivity index (χ0v) is 17.6. The first-order chi connectivity index (χ1) is 13.7. The fourth-order valence-electron chi connectivity index (χ4n) is 3.68. The van der Waals surface area contributed by atoms with Crippen LogP contribution in [0.2, 0.25) is 0 Å². The molecule has 0 saturated heterocycles. The summed E-state index contributed by atoms with van der Waals surface area (Å²) in [6.07, 6.45) is 1.61. The number of anilines is 2. The van der Waals surface area contributed by atoms with Crippen LogP contribution in [0.3, 0.4) is 0 Å². The van der Waals surface area contributed by atoms with Crippen molar-refractivity contribution in [1.29, 1.82) is 0 Å². The van der Waals surface area contributed by atoms with Gasteiger partial charge in [-0.1, -0.05) is 24.3 Å². The molecule has 2 aromatic carbocycles. The van der Waals surface area contributed by atoms with Gasteiger partial charge in [0.2, 0.25) is 0 Å². The summed E-state index contributed by atoms with van der Waals surface area (Å²) >= 11 is 0. The van der Waals surface area contributed by atoms with Crippen LogP contribution in [0.1, 0.15) is 43.0 Å². The molecule has 2 aliphatic heterocycles. The molecule has 0 aliphatic carbocycles. The summed E-state index contributed by atoms with van der Waals surface area (Å²) in [6, 6.07) is 12.0. The van der Waals surface area contributed by atoms with Gasteiger partial charge in [0.05, 0.1) is 0 Å². The van der Waals surface area contributed by atoms with Crippen LogP contribution in [-0.4, -0.2) is 29.7 Å². The minimum atomic E-state index is -0.451. The molecule has 0 unspecified atom stereocenters. The number of hydrogen-bond donors (Lipinski definition) is 3. The molecule has 4 rings (SSSR count). The lowest BCUT2D eigenvalue weighted by atomic mass is 9.98. The van der Waals surface area contributed by atoms with Crippen molar-refractivity contribution < 1.29 is 9.53 Å². The Labute approximate surface area is 173 Å². The van der Waals surface area contributed by atoms with Crippen molar-refractivity contribution in [2.75, 3.05) is 24.6 Å². The Balaban J connectivity index is 0.000000186. The molecular weight excluding hydrogens is 364 g/mol. The lowest BCUT2D eigenvalue weighted by molar-refractivity contribution is 0.0224. The van der Waals surface area contributed by atoms with E-state index >= 15 is 0 Å². The molecule has 1 amide bonds. The highest BCUT2D eigenvalue weighted by molar-refractivity contribution is 5.69. The van der Waals surface area contributed by atoms with Gasteiger partial charge < -0.3 is 26.4 Å². The molecule has 0 fully saturated rings. The molecule has 0 atom stereocenters. The molecule has 0 bridgehead atoms. The van der Waals surface area contributed by atoms with Gasteiger partial charge in [-0.25, -0.2) is 4.79 Å². The minimum Gasteiger partial charge on any atom is -0.444 e. The maximum absolute atomic E-state index is 12.0. The molecule has 0 saturated carbocycles. The highest BCUT2D eigenvalue weighted by atomic mass is 16.6. The molecule has 0 radical (unpaired) electrons. The summed E-state index contributed by atoms with van der Waals surface area (Å²) in [4.78, 5) is 13.7. The average Bonchev–Trinajstić information content (AvgIpc) is 2.68. The molecule has 5 N–H and O–H groups in total. The van der Waals surface area contributed by atoms with E-state index in [-0.39, 0.29) is 6.09 Å². The Morgan fingerprint density at radius 2 is 1.62 bits per heavy atom. The van der Waals surface area contributed by atoms with Crippen LogP contribution in [0.25, 0.3) is 0 Å². The zero-order chi connectivity index (χ0) is 21.0. The highest BCUT2D eigenvalue weighted by Gasteiger charge is 2.26. The molecule has 6 heteroatoms. The Morgan fingerprint density at radius 3 is 2.24 bits per heavy atom. The predicted octanol–water partition coefficient (Wildman–Crippen LogP) is 3.48. The fourth-order valence-corrected chi connectivity index (χ4v) is 3.68. The summed E-state index contributed by atoms with van der Waals surface area (Å²) in [5, 5.41) is 3.31. The number of fused-ring (bicyclic) bond motifs is 2. The summed E-state index contributed by atoms with van der Waals surface area (Å²) in [5.41, 5.74) is 18.0. The van der Waals surface area contributed by atoms with E-state index < -0.39 is 5.60 Å². The smallest absolute Gasteiger partial charge is 0.410 e. The maximum atomic E-state index is 12.0. The second-order valence-electron chi connectivity index (χ2n) is 8.55. The van der Waals surface area contributed by atoms with E-state index in [1.165, 1.54) is 11.1 Å². The third-order valence-electron chi connectivity index (χ3n) is 5.13. The van der Waals surface area contributed by atoms with Crippen LogP contribution in [0, 0.1) is 0 Å².